The Kier molecular flexibility index (Phi) is 6.65. The predicted molar refractivity (Wildman–Crippen MR) is 81.1 cm³/mol. The van der Waals surface area contributed by atoms with Crippen molar-refractivity contribution >= 4 is 0 Å². The van der Waals surface area contributed by atoms with Crippen LogP contribution in [0.4, 0.5) is 0 Å². The molecule has 1 fully saturated rings. The highest BCUT2D eigenvalue weighted by Crippen LogP contribution is 2.26. The van der Waals surface area contributed by atoms with Crippen LogP contribution in [0.2, 0.25) is 0 Å². The van der Waals surface area contributed by atoms with Crippen LogP contribution in [0.3, 0.4) is 0 Å². The Morgan fingerprint density at radius 3 is 2.22 bits per heavy atom. The van der Waals surface area contributed by atoms with E-state index in [9.17, 15) is 0 Å². The third kappa shape index (κ3) is 5.27. The average molecular weight is 254 g/mol. The minimum atomic E-state index is 0.237. The zero-order chi connectivity index (χ0) is 13.6. The fraction of sp³-hybridized carbons (Fsp3) is 1.00. The minimum absolute atomic E-state index is 0.237. The first-order valence-corrected chi connectivity index (χ1v) is 7.98. The molecule has 0 heterocycles. The van der Waals surface area contributed by atoms with E-state index in [-0.39, 0.29) is 5.54 Å². The highest BCUT2D eigenvalue weighted by molar-refractivity contribution is 4.85. The predicted octanol–water partition coefficient (Wildman–Crippen LogP) is 3.81. The first-order chi connectivity index (χ1) is 8.48. The molecule has 1 saturated carbocycles. The molecule has 1 N–H and O–H groups in total. The van der Waals surface area contributed by atoms with Crippen LogP contribution in [0.1, 0.15) is 73.1 Å². The molecule has 18 heavy (non-hydrogen) atoms. The van der Waals surface area contributed by atoms with Gasteiger partial charge in [-0.25, -0.2) is 0 Å². The summed E-state index contributed by atoms with van der Waals surface area (Å²) in [5, 5.41) is 3.70. The maximum absolute atomic E-state index is 3.70. The lowest BCUT2D eigenvalue weighted by Gasteiger charge is -2.37. The van der Waals surface area contributed by atoms with E-state index in [1.165, 1.54) is 45.1 Å². The van der Waals surface area contributed by atoms with E-state index in [1.807, 2.05) is 0 Å². The minimum Gasteiger partial charge on any atom is -0.311 e. The fourth-order valence-corrected chi connectivity index (χ4v) is 3.19. The van der Waals surface area contributed by atoms with E-state index in [0.29, 0.717) is 0 Å². The van der Waals surface area contributed by atoms with Gasteiger partial charge in [0.05, 0.1) is 0 Å². The van der Waals surface area contributed by atoms with E-state index in [0.717, 1.165) is 18.6 Å². The van der Waals surface area contributed by atoms with Crippen LogP contribution < -0.4 is 5.32 Å². The molecule has 1 atom stereocenters. The van der Waals surface area contributed by atoms with Gasteiger partial charge >= 0.3 is 0 Å². The zero-order valence-corrected chi connectivity index (χ0v) is 13.3. The van der Waals surface area contributed by atoms with E-state index in [4.69, 9.17) is 0 Å². The Bertz CT molecular complexity index is 214. The van der Waals surface area contributed by atoms with E-state index in [1.54, 1.807) is 0 Å². The molecule has 0 bridgehead atoms. The van der Waals surface area contributed by atoms with Crippen LogP contribution >= 0.6 is 0 Å². The third-order valence-electron chi connectivity index (χ3n) is 4.12. The number of nitrogens with zero attached hydrogens (tertiary/aromatic N) is 1. The van der Waals surface area contributed by atoms with Gasteiger partial charge in [0.2, 0.25) is 0 Å². The van der Waals surface area contributed by atoms with Crippen molar-refractivity contribution in [3.63, 3.8) is 0 Å². The van der Waals surface area contributed by atoms with Gasteiger partial charge in [0.1, 0.15) is 0 Å². The van der Waals surface area contributed by atoms with E-state index in [2.05, 4.69) is 44.8 Å². The van der Waals surface area contributed by atoms with Crippen LogP contribution in [0.25, 0.3) is 0 Å². The first-order valence-electron chi connectivity index (χ1n) is 7.98. The first kappa shape index (κ1) is 16.0. The highest BCUT2D eigenvalue weighted by atomic mass is 15.2. The Hall–Kier alpha value is -0.0800. The van der Waals surface area contributed by atoms with Crippen LogP contribution in [-0.4, -0.2) is 35.6 Å². The molecule has 1 rings (SSSR count). The van der Waals surface area contributed by atoms with Gasteiger partial charge in [0.15, 0.2) is 0 Å². The van der Waals surface area contributed by atoms with Crippen molar-refractivity contribution in [2.45, 2.75) is 90.8 Å². The molecule has 2 nitrogen and oxygen atoms in total. The normalized spacial score (nSPS) is 19.7. The Labute approximate surface area is 115 Å². The highest BCUT2D eigenvalue weighted by Gasteiger charge is 2.27. The smallest absolute Gasteiger partial charge is 0.0223 e. The summed E-state index contributed by atoms with van der Waals surface area (Å²) in [4.78, 5) is 2.77. The van der Waals surface area contributed by atoms with Gasteiger partial charge in [-0.15, -0.1) is 0 Å². The number of likely N-dealkylation sites (N-methyl/N-ethyl adjacent to an activating group) is 1. The summed E-state index contributed by atoms with van der Waals surface area (Å²) in [5.41, 5.74) is 0.237. The molecule has 1 aliphatic rings. The molecule has 0 saturated heterocycles. The maximum atomic E-state index is 3.70. The lowest BCUT2D eigenvalue weighted by Crippen LogP contribution is -2.50. The Morgan fingerprint density at radius 2 is 1.78 bits per heavy atom. The molecule has 2 heteroatoms. The van der Waals surface area contributed by atoms with Crippen molar-refractivity contribution in [2.75, 3.05) is 13.1 Å². The molecule has 0 aromatic rings. The van der Waals surface area contributed by atoms with Crippen molar-refractivity contribution in [3.05, 3.63) is 0 Å². The molecule has 0 spiro atoms. The summed E-state index contributed by atoms with van der Waals surface area (Å²) in [6.45, 7) is 13.8. The quantitative estimate of drug-likeness (QED) is 0.743. The van der Waals surface area contributed by atoms with Crippen LogP contribution in [0.15, 0.2) is 0 Å². The van der Waals surface area contributed by atoms with Crippen molar-refractivity contribution < 1.29 is 0 Å². The van der Waals surface area contributed by atoms with Gasteiger partial charge in [-0.2, -0.15) is 0 Å². The van der Waals surface area contributed by atoms with Crippen LogP contribution in [0, 0.1) is 0 Å². The number of rotatable bonds is 7. The van der Waals surface area contributed by atoms with Crippen LogP contribution in [0.5, 0.6) is 0 Å². The van der Waals surface area contributed by atoms with Crippen molar-refractivity contribution in [3.8, 4) is 0 Å². The monoisotopic (exact) mass is 254 g/mol. The van der Waals surface area contributed by atoms with Gasteiger partial charge in [-0.3, -0.25) is 4.90 Å². The van der Waals surface area contributed by atoms with Gasteiger partial charge in [0, 0.05) is 24.2 Å². The SMILES string of the molecule is CCCC(CNC(C)(C)C)N(CC)C1CCCC1. The van der Waals surface area contributed by atoms with E-state index < -0.39 is 0 Å². The molecular weight excluding hydrogens is 220 g/mol. The van der Waals surface area contributed by atoms with E-state index >= 15 is 0 Å². The summed E-state index contributed by atoms with van der Waals surface area (Å²) in [6, 6.07) is 1.58. The topological polar surface area (TPSA) is 15.3 Å². The molecule has 1 unspecified atom stereocenters. The Morgan fingerprint density at radius 1 is 1.17 bits per heavy atom. The summed E-state index contributed by atoms with van der Waals surface area (Å²) in [7, 11) is 0. The zero-order valence-electron chi connectivity index (χ0n) is 13.3. The summed E-state index contributed by atoms with van der Waals surface area (Å²) < 4.78 is 0. The van der Waals surface area contributed by atoms with Gasteiger partial charge in [-0.05, 0) is 46.6 Å². The second kappa shape index (κ2) is 7.49. The standard InChI is InChI=1S/C16H34N2/c1-6-10-15(13-17-16(3,4)5)18(7-2)14-11-8-9-12-14/h14-15,17H,6-13H2,1-5H3. The van der Waals surface area contributed by atoms with Crippen molar-refractivity contribution in [2.24, 2.45) is 0 Å². The molecule has 0 amide bonds. The maximum Gasteiger partial charge on any atom is 0.0223 e. The van der Waals surface area contributed by atoms with Crippen molar-refractivity contribution in [1.29, 1.82) is 0 Å². The van der Waals surface area contributed by atoms with Crippen LogP contribution in [-0.2, 0) is 0 Å². The molecule has 0 aliphatic heterocycles. The second-order valence-electron chi connectivity index (χ2n) is 6.84. The molecule has 0 radical (unpaired) electrons. The largest absolute Gasteiger partial charge is 0.311 e. The lowest BCUT2D eigenvalue weighted by molar-refractivity contribution is 0.127. The molecule has 0 aromatic carbocycles. The Balaban J connectivity index is 2.56. The fourth-order valence-electron chi connectivity index (χ4n) is 3.19. The third-order valence-corrected chi connectivity index (χ3v) is 4.12. The summed E-state index contributed by atoms with van der Waals surface area (Å²) in [5.74, 6) is 0. The number of hydrogen-bond acceptors (Lipinski definition) is 2. The van der Waals surface area contributed by atoms with Gasteiger partial charge in [0.25, 0.3) is 0 Å². The molecular formula is C16H34N2. The molecule has 1 aliphatic carbocycles. The lowest BCUT2D eigenvalue weighted by atomic mass is 10.0. The number of hydrogen-bond donors (Lipinski definition) is 1. The van der Waals surface area contributed by atoms with Crippen molar-refractivity contribution in [1.82, 2.24) is 10.2 Å². The molecule has 0 aromatic heterocycles. The second-order valence-corrected chi connectivity index (χ2v) is 6.84. The number of nitrogens with one attached hydrogen (secondary N) is 1. The van der Waals surface area contributed by atoms with Gasteiger partial charge < -0.3 is 5.32 Å². The molecule has 108 valence electrons. The summed E-state index contributed by atoms with van der Waals surface area (Å²) in [6.07, 6.45) is 8.33. The van der Waals surface area contributed by atoms with Gasteiger partial charge in [-0.1, -0.05) is 33.1 Å². The average Bonchev–Trinajstić information content (AvgIpc) is 2.79. The summed E-state index contributed by atoms with van der Waals surface area (Å²) >= 11 is 0.